The molecule has 2 aliphatic rings. The molecule has 2 aliphatic heterocycles. The number of piperidine rings is 1. The average molecular weight is 381 g/mol. The molecule has 0 aromatic heterocycles. The van der Waals surface area contributed by atoms with Gasteiger partial charge in [0.05, 0.1) is 0 Å². The SMILES string of the molecule is CC(C)C(CNC(=O)C1CCN(C(=O)C(C)(C)C)CC1)N1CCN(C)CC1. The molecule has 0 saturated carbocycles. The maximum atomic E-state index is 12.7. The molecule has 1 N–H and O–H groups in total. The number of hydrogen-bond donors (Lipinski definition) is 1. The quantitative estimate of drug-likeness (QED) is 0.788. The second-order valence-electron chi connectivity index (χ2n) is 9.71. The van der Waals surface area contributed by atoms with Crippen molar-refractivity contribution in [3.8, 4) is 0 Å². The molecule has 0 bridgehead atoms. The number of amides is 2. The Morgan fingerprint density at radius 3 is 2.04 bits per heavy atom. The van der Waals surface area contributed by atoms with E-state index in [9.17, 15) is 9.59 Å². The Morgan fingerprint density at radius 1 is 1.00 bits per heavy atom. The molecule has 6 nitrogen and oxygen atoms in total. The molecule has 2 heterocycles. The van der Waals surface area contributed by atoms with Crippen molar-refractivity contribution in [2.24, 2.45) is 17.3 Å². The monoisotopic (exact) mass is 380 g/mol. The molecule has 1 atom stereocenters. The van der Waals surface area contributed by atoms with Gasteiger partial charge in [-0.05, 0) is 25.8 Å². The number of likely N-dealkylation sites (tertiary alicyclic amines) is 1. The average Bonchev–Trinajstić information content (AvgIpc) is 2.61. The van der Waals surface area contributed by atoms with Crippen molar-refractivity contribution >= 4 is 11.8 Å². The summed E-state index contributed by atoms with van der Waals surface area (Å²) >= 11 is 0. The second-order valence-corrected chi connectivity index (χ2v) is 9.71. The van der Waals surface area contributed by atoms with E-state index in [2.05, 4.69) is 36.0 Å². The molecule has 1 unspecified atom stereocenters. The van der Waals surface area contributed by atoms with E-state index >= 15 is 0 Å². The predicted molar refractivity (Wildman–Crippen MR) is 109 cm³/mol. The summed E-state index contributed by atoms with van der Waals surface area (Å²) in [7, 11) is 2.17. The minimum absolute atomic E-state index is 0.0364. The number of likely N-dealkylation sites (N-methyl/N-ethyl adjacent to an activating group) is 1. The lowest BCUT2D eigenvalue weighted by Crippen LogP contribution is -2.55. The highest BCUT2D eigenvalue weighted by molar-refractivity contribution is 5.82. The first-order chi connectivity index (χ1) is 12.6. The third-order valence-corrected chi connectivity index (χ3v) is 6.06. The summed E-state index contributed by atoms with van der Waals surface area (Å²) in [4.78, 5) is 31.9. The summed E-state index contributed by atoms with van der Waals surface area (Å²) in [6.07, 6.45) is 1.54. The summed E-state index contributed by atoms with van der Waals surface area (Å²) in [5.74, 6) is 0.906. The molecule has 0 radical (unpaired) electrons. The van der Waals surface area contributed by atoms with E-state index < -0.39 is 0 Å². The van der Waals surface area contributed by atoms with E-state index in [0.717, 1.165) is 45.6 Å². The fraction of sp³-hybridized carbons (Fsp3) is 0.905. The van der Waals surface area contributed by atoms with Gasteiger partial charge in [-0.2, -0.15) is 0 Å². The van der Waals surface area contributed by atoms with Gasteiger partial charge in [-0.15, -0.1) is 0 Å². The van der Waals surface area contributed by atoms with Crippen LogP contribution in [0.2, 0.25) is 0 Å². The van der Waals surface area contributed by atoms with Gasteiger partial charge in [0.2, 0.25) is 11.8 Å². The highest BCUT2D eigenvalue weighted by Crippen LogP contribution is 2.24. The van der Waals surface area contributed by atoms with Crippen LogP contribution in [0.1, 0.15) is 47.5 Å². The summed E-state index contributed by atoms with van der Waals surface area (Å²) in [5.41, 5.74) is -0.345. The van der Waals surface area contributed by atoms with Gasteiger partial charge in [-0.25, -0.2) is 0 Å². The third kappa shape index (κ3) is 6.18. The molecule has 156 valence electrons. The van der Waals surface area contributed by atoms with Gasteiger partial charge in [0.25, 0.3) is 0 Å². The number of piperazine rings is 1. The van der Waals surface area contributed by atoms with E-state index in [-0.39, 0.29) is 23.1 Å². The van der Waals surface area contributed by atoms with Gasteiger partial charge < -0.3 is 15.1 Å². The van der Waals surface area contributed by atoms with Gasteiger partial charge in [-0.3, -0.25) is 14.5 Å². The minimum Gasteiger partial charge on any atom is -0.354 e. The van der Waals surface area contributed by atoms with Crippen molar-refractivity contribution in [3.63, 3.8) is 0 Å². The van der Waals surface area contributed by atoms with Crippen LogP contribution in [0, 0.1) is 17.3 Å². The normalized spacial score (nSPS) is 22.1. The molecular weight excluding hydrogens is 340 g/mol. The Hall–Kier alpha value is -1.14. The van der Waals surface area contributed by atoms with Crippen LogP contribution in [0.25, 0.3) is 0 Å². The van der Waals surface area contributed by atoms with Crippen LogP contribution in [0.3, 0.4) is 0 Å². The van der Waals surface area contributed by atoms with Crippen LogP contribution in [0.4, 0.5) is 0 Å². The van der Waals surface area contributed by atoms with Crippen LogP contribution >= 0.6 is 0 Å². The van der Waals surface area contributed by atoms with Crippen molar-refractivity contribution < 1.29 is 9.59 Å². The Kier molecular flexibility index (Phi) is 7.69. The highest BCUT2D eigenvalue weighted by Gasteiger charge is 2.33. The number of hydrogen-bond acceptors (Lipinski definition) is 4. The zero-order chi connectivity index (χ0) is 20.2. The second kappa shape index (κ2) is 9.37. The number of carbonyl (C=O) groups is 2. The summed E-state index contributed by atoms with van der Waals surface area (Å²) in [5, 5.41) is 3.22. The molecule has 0 aromatic rings. The summed E-state index contributed by atoms with van der Waals surface area (Å²) in [6, 6.07) is 0.394. The fourth-order valence-electron chi connectivity index (χ4n) is 4.11. The van der Waals surface area contributed by atoms with Gasteiger partial charge in [-0.1, -0.05) is 34.6 Å². The topological polar surface area (TPSA) is 55.9 Å². The van der Waals surface area contributed by atoms with E-state index in [1.165, 1.54) is 0 Å². The van der Waals surface area contributed by atoms with E-state index in [1.54, 1.807) is 0 Å². The molecule has 0 aromatic carbocycles. The summed E-state index contributed by atoms with van der Waals surface area (Å²) in [6.45, 7) is 16.8. The fourth-order valence-corrected chi connectivity index (χ4v) is 4.11. The lowest BCUT2D eigenvalue weighted by atomic mass is 9.90. The maximum Gasteiger partial charge on any atom is 0.227 e. The molecule has 27 heavy (non-hydrogen) atoms. The van der Waals surface area contributed by atoms with Gasteiger partial charge in [0.1, 0.15) is 0 Å². The molecule has 2 saturated heterocycles. The predicted octanol–water partition coefficient (Wildman–Crippen LogP) is 1.66. The Morgan fingerprint density at radius 2 is 1.56 bits per heavy atom. The summed E-state index contributed by atoms with van der Waals surface area (Å²) < 4.78 is 0. The molecule has 2 amide bonds. The third-order valence-electron chi connectivity index (χ3n) is 6.06. The molecule has 2 rings (SSSR count). The first kappa shape index (κ1) is 22.2. The van der Waals surface area contributed by atoms with E-state index in [1.807, 2.05) is 25.7 Å². The van der Waals surface area contributed by atoms with Gasteiger partial charge in [0.15, 0.2) is 0 Å². The zero-order valence-corrected chi connectivity index (χ0v) is 18.3. The van der Waals surface area contributed by atoms with Crippen molar-refractivity contribution in [2.75, 3.05) is 52.9 Å². The maximum absolute atomic E-state index is 12.7. The zero-order valence-electron chi connectivity index (χ0n) is 18.3. The van der Waals surface area contributed by atoms with Crippen LogP contribution in [-0.4, -0.2) is 85.4 Å². The molecule has 2 fully saturated rings. The smallest absolute Gasteiger partial charge is 0.227 e. The van der Waals surface area contributed by atoms with Crippen molar-refractivity contribution in [1.29, 1.82) is 0 Å². The Bertz CT molecular complexity index is 499. The van der Waals surface area contributed by atoms with Gasteiger partial charge in [0, 0.05) is 63.2 Å². The van der Waals surface area contributed by atoms with Crippen molar-refractivity contribution in [1.82, 2.24) is 20.0 Å². The van der Waals surface area contributed by atoms with Crippen LogP contribution in [0.5, 0.6) is 0 Å². The number of carbonyl (C=O) groups excluding carboxylic acids is 2. The van der Waals surface area contributed by atoms with Crippen LogP contribution < -0.4 is 5.32 Å². The lowest BCUT2D eigenvalue weighted by molar-refractivity contribution is -0.142. The number of rotatable bonds is 5. The number of nitrogens with zero attached hydrogens (tertiary/aromatic N) is 3. The van der Waals surface area contributed by atoms with Gasteiger partial charge >= 0.3 is 0 Å². The first-order valence-electron chi connectivity index (χ1n) is 10.6. The van der Waals surface area contributed by atoms with Crippen molar-refractivity contribution in [3.05, 3.63) is 0 Å². The highest BCUT2D eigenvalue weighted by atomic mass is 16.2. The standard InChI is InChI=1S/C21H40N4O2/c1-16(2)18(24-13-11-23(6)12-14-24)15-22-19(26)17-7-9-25(10-8-17)20(27)21(3,4)5/h16-18H,7-15H2,1-6H3,(H,22,26). The lowest BCUT2D eigenvalue weighted by Gasteiger charge is -2.40. The molecular formula is C21H40N4O2. The van der Waals surface area contributed by atoms with E-state index in [0.29, 0.717) is 25.0 Å². The molecule has 6 heteroatoms. The van der Waals surface area contributed by atoms with Crippen LogP contribution in [-0.2, 0) is 9.59 Å². The van der Waals surface area contributed by atoms with E-state index in [4.69, 9.17) is 0 Å². The Labute approximate surface area is 165 Å². The molecule has 0 spiro atoms. The Balaban J connectivity index is 1.80. The number of nitrogens with one attached hydrogen (secondary N) is 1. The largest absolute Gasteiger partial charge is 0.354 e. The van der Waals surface area contributed by atoms with Crippen molar-refractivity contribution in [2.45, 2.75) is 53.5 Å². The molecule has 0 aliphatic carbocycles. The first-order valence-corrected chi connectivity index (χ1v) is 10.6. The minimum atomic E-state index is -0.345. The van der Waals surface area contributed by atoms with Crippen LogP contribution in [0.15, 0.2) is 0 Å².